The molecule has 2 bridgehead atoms. The molecular formula is C33H38N10O2S2. The van der Waals surface area contributed by atoms with E-state index >= 15 is 0 Å². The summed E-state index contributed by atoms with van der Waals surface area (Å²) in [7, 11) is 1.91. The van der Waals surface area contributed by atoms with Gasteiger partial charge in [0.1, 0.15) is 28.5 Å². The second kappa shape index (κ2) is 11.4. The minimum Gasteiger partial charge on any atom is -0.463 e. The van der Waals surface area contributed by atoms with Crippen LogP contribution >= 0.6 is 23.1 Å². The molecule has 4 fully saturated rings. The molecule has 0 radical (unpaired) electrons. The highest BCUT2D eigenvalue weighted by atomic mass is 32.2. The maximum atomic E-state index is 10.6. The first-order chi connectivity index (χ1) is 22.7. The smallest absolute Gasteiger partial charge is 0.320 e. The van der Waals surface area contributed by atoms with E-state index in [9.17, 15) is 10.5 Å². The van der Waals surface area contributed by atoms with Crippen LogP contribution in [0.3, 0.4) is 0 Å². The number of aromatic nitrogens is 3. The van der Waals surface area contributed by atoms with Crippen LogP contribution in [0.25, 0.3) is 0 Å². The second-order valence-corrected chi connectivity index (χ2v) is 16.2. The fraction of sp³-hybridized carbons (Fsp3) is 0.545. The monoisotopic (exact) mass is 670 g/mol. The van der Waals surface area contributed by atoms with Crippen LogP contribution in [0.4, 0.5) is 22.5 Å². The Morgan fingerprint density at radius 2 is 1.89 bits per heavy atom. The molecule has 5 aliphatic rings. The number of hydrogen-bond donors (Lipinski definition) is 2. The molecule has 0 aromatic carbocycles. The number of ether oxygens (including phenoxy) is 2. The summed E-state index contributed by atoms with van der Waals surface area (Å²) < 4.78 is 12.1. The third-order valence-electron chi connectivity index (χ3n) is 10.8. The zero-order chi connectivity index (χ0) is 32.5. The summed E-state index contributed by atoms with van der Waals surface area (Å²) in [6, 6.07) is 9.60. The molecule has 244 valence electrons. The van der Waals surface area contributed by atoms with Crippen LogP contribution in [0, 0.1) is 28.1 Å². The van der Waals surface area contributed by atoms with Crippen molar-refractivity contribution in [2.24, 2.45) is 5.41 Å². The predicted molar refractivity (Wildman–Crippen MR) is 182 cm³/mol. The van der Waals surface area contributed by atoms with Gasteiger partial charge in [-0.25, -0.2) is 4.98 Å². The van der Waals surface area contributed by atoms with Crippen LogP contribution in [-0.4, -0.2) is 78.4 Å². The molecule has 1 spiro atoms. The number of thiophene rings is 1. The number of hydrogen-bond acceptors (Lipinski definition) is 14. The van der Waals surface area contributed by atoms with Crippen LogP contribution in [0.2, 0.25) is 0 Å². The molecule has 0 amide bonds. The van der Waals surface area contributed by atoms with Crippen LogP contribution in [0.5, 0.6) is 6.01 Å². The Kier molecular flexibility index (Phi) is 7.41. The van der Waals surface area contributed by atoms with Gasteiger partial charge >= 0.3 is 6.01 Å². The number of nitriles is 2. The van der Waals surface area contributed by atoms with Crippen LogP contribution in [-0.2, 0) is 15.2 Å². The predicted octanol–water partition coefficient (Wildman–Crippen LogP) is 4.02. The summed E-state index contributed by atoms with van der Waals surface area (Å²) in [5.41, 5.74) is 15.4. The molecular weight excluding hydrogens is 633 g/mol. The highest BCUT2D eigenvalue weighted by Crippen LogP contribution is 2.58. The van der Waals surface area contributed by atoms with E-state index in [0.717, 1.165) is 49.5 Å². The summed E-state index contributed by atoms with van der Waals surface area (Å²) in [6.07, 6.45) is 6.28. The average Bonchev–Trinajstić information content (AvgIpc) is 3.55. The summed E-state index contributed by atoms with van der Waals surface area (Å²) in [5.74, 6) is 2.29. The van der Waals surface area contributed by atoms with Crippen LogP contribution < -0.4 is 26.0 Å². The minimum absolute atomic E-state index is 0.0728. The normalized spacial score (nSPS) is 23.9. The maximum absolute atomic E-state index is 10.6. The van der Waals surface area contributed by atoms with Crippen molar-refractivity contribution in [1.82, 2.24) is 19.9 Å². The third kappa shape index (κ3) is 5.05. The SMILES string of the molecule is C[C@H](c1cccnc1N)N(C)c1nc(OCC2(CN3C4CC[C@@H]3COC4)CC2)nc(N2CC3(C2)SCc2sc(N)c(C#N)c23)c1C#N. The number of nitrogens with two attached hydrogens (primary N) is 2. The van der Waals surface area contributed by atoms with Crippen molar-refractivity contribution >= 4 is 45.6 Å². The first-order valence-corrected chi connectivity index (χ1v) is 18.0. The lowest BCUT2D eigenvalue weighted by Crippen LogP contribution is -2.57. The Morgan fingerprint density at radius 3 is 2.57 bits per heavy atom. The number of pyridine rings is 1. The molecule has 12 nitrogen and oxygen atoms in total. The first kappa shape index (κ1) is 30.5. The summed E-state index contributed by atoms with van der Waals surface area (Å²) in [5, 5.41) is 21.1. The van der Waals surface area contributed by atoms with Crippen LogP contribution in [0.15, 0.2) is 18.3 Å². The third-order valence-corrected chi connectivity index (χ3v) is 13.5. The average molecular weight is 671 g/mol. The van der Waals surface area contributed by atoms with Gasteiger partial charge < -0.3 is 30.7 Å². The minimum atomic E-state index is -0.258. The van der Waals surface area contributed by atoms with Gasteiger partial charge in [0.15, 0.2) is 11.6 Å². The Labute approximate surface area is 282 Å². The zero-order valence-electron chi connectivity index (χ0n) is 26.6. The van der Waals surface area contributed by atoms with Gasteiger partial charge in [0.2, 0.25) is 0 Å². The van der Waals surface area contributed by atoms with Crippen molar-refractivity contribution < 1.29 is 9.47 Å². The largest absolute Gasteiger partial charge is 0.463 e. The number of rotatable bonds is 9. The highest BCUT2D eigenvalue weighted by molar-refractivity contribution is 8.00. The fourth-order valence-electron chi connectivity index (χ4n) is 7.78. The Hall–Kier alpha value is -3.82. The van der Waals surface area contributed by atoms with E-state index in [1.807, 2.05) is 42.8 Å². The molecule has 1 unspecified atom stereocenters. The van der Waals surface area contributed by atoms with E-state index in [-0.39, 0.29) is 22.2 Å². The molecule has 3 aromatic rings. The van der Waals surface area contributed by atoms with Crippen molar-refractivity contribution in [1.29, 1.82) is 10.5 Å². The van der Waals surface area contributed by atoms with Gasteiger partial charge in [-0.05, 0) is 38.7 Å². The molecule has 1 saturated carbocycles. The van der Waals surface area contributed by atoms with Gasteiger partial charge in [0.05, 0.1) is 36.2 Å². The topological polar surface area (TPSA) is 166 Å². The Balaban J connectivity index is 1.10. The number of nitrogen functional groups attached to an aromatic ring is 2. The highest BCUT2D eigenvalue weighted by Gasteiger charge is 2.54. The Bertz CT molecular complexity index is 1790. The molecule has 4 N–H and O–H groups in total. The molecule has 3 aromatic heterocycles. The lowest BCUT2D eigenvalue weighted by Gasteiger charge is -2.48. The van der Waals surface area contributed by atoms with Crippen molar-refractivity contribution in [2.45, 2.75) is 61.2 Å². The number of fused-ring (bicyclic) bond motifs is 4. The van der Waals surface area contributed by atoms with Crippen molar-refractivity contribution in [3.8, 4) is 18.1 Å². The summed E-state index contributed by atoms with van der Waals surface area (Å²) >= 11 is 3.35. The van der Waals surface area contributed by atoms with Crippen molar-refractivity contribution in [3.05, 3.63) is 45.5 Å². The zero-order valence-corrected chi connectivity index (χ0v) is 28.2. The van der Waals surface area contributed by atoms with Crippen LogP contribution in [0.1, 0.15) is 65.8 Å². The van der Waals surface area contributed by atoms with E-state index in [1.165, 1.54) is 29.1 Å². The van der Waals surface area contributed by atoms with Gasteiger partial charge in [0.25, 0.3) is 0 Å². The molecule has 8 rings (SSSR count). The molecule has 3 atom stereocenters. The van der Waals surface area contributed by atoms with E-state index in [4.69, 9.17) is 30.9 Å². The summed E-state index contributed by atoms with van der Waals surface area (Å²) in [4.78, 5) is 22.0. The number of morpholine rings is 1. The lowest BCUT2D eigenvalue weighted by atomic mass is 9.88. The molecule has 3 saturated heterocycles. The van der Waals surface area contributed by atoms with Gasteiger partial charge in [-0.1, -0.05) is 6.07 Å². The maximum Gasteiger partial charge on any atom is 0.320 e. The van der Waals surface area contributed by atoms with Gasteiger partial charge in [-0.3, -0.25) is 4.90 Å². The number of thioether (sulfide) groups is 1. The van der Waals surface area contributed by atoms with Crippen molar-refractivity contribution in [2.75, 3.05) is 67.8 Å². The van der Waals surface area contributed by atoms with Crippen molar-refractivity contribution in [3.63, 3.8) is 0 Å². The molecule has 7 heterocycles. The molecule has 14 heteroatoms. The first-order valence-electron chi connectivity index (χ1n) is 16.2. The van der Waals surface area contributed by atoms with Gasteiger partial charge in [-0.15, -0.1) is 23.1 Å². The fourth-order valence-corrected chi connectivity index (χ4v) is 10.6. The number of nitrogens with zero attached hydrogens (tertiary/aromatic N) is 8. The number of anilines is 4. The van der Waals surface area contributed by atoms with Gasteiger partial charge in [-0.2, -0.15) is 20.5 Å². The van der Waals surface area contributed by atoms with E-state index in [0.29, 0.717) is 65.4 Å². The van der Waals surface area contributed by atoms with E-state index in [2.05, 4.69) is 26.9 Å². The molecule has 47 heavy (non-hydrogen) atoms. The standard InChI is InChI=1S/C33H38N10O2S2/c1-19(22-4-3-9-38-27(22)36)41(2)29-24(11-35)30(42-16-33(17-42)26-23(10-34)28(37)47-25(26)14-46-33)40-31(39-29)45-18-32(7-8-32)15-43-20-5-6-21(43)13-44-12-20/h3-4,9,19-21H,5-8,12-18,37H2,1-2H3,(H2,36,38)/t19-,20-,21?/m1/s1. The van der Waals surface area contributed by atoms with E-state index < -0.39 is 0 Å². The Morgan fingerprint density at radius 1 is 1.15 bits per heavy atom. The van der Waals surface area contributed by atoms with E-state index in [1.54, 1.807) is 6.20 Å². The molecule has 4 aliphatic heterocycles. The second-order valence-electron chi connectivity index (χ2n) is 13.7. The summed E-state index contributed by atoms with van der Waals surface area (Å²) in [6.45, 7) is 6.39. The lowest BCUT2D eigenvalue weighted by molar-refractivity contribution is -0.0271. The quantitative estimate of drug-likeness (QED) is 0.335. The molecule has 1 aliphatic carbocycles. The van der Waals surface area contributed by atoms with Gasteiger partial charge in [0, 0.05) is 72.1 Å².